The lowest BCUT2D eigenvalue weighted by Crippen LogP contribution is -2.17. The predicted octanol–water partition coefficient (Wildman–Crippen LogP) is 4.17. The summed E-state index contributed by atoms with van der Waals surface area (Å²) < 4.78 is 0. The molecule has 1 aliphatic rings. The van der Waals surface area contributed by atoms with Crippen LogP contribution in [0.25, 0.3) is 0 Å². The topological polar surface area (TPSA) is 0 Å². The molecule has 0 amide bonds. The van der Waals surface area contributed by atoms with Crippen molar-refractivity contribution in [2.45, 2.75) is 46.3 Å². The van der Waals surface area contributed by atoms with E-state index in [1.165, 1.54) is 16.7 Å². The smallest absolute Gasteiger partial charge is 0.127 e. The highest BCUT2D eigenvalue weighted by atomic mass is 28.3. The van der Waals surface area contributed by atoms with Crippen molar-refractivity contribution < 1.29 is 0 Å². The molecule has 0 N–H and O–H groups in total. The molecule has 0 aromatic rings. The first-order chi connectivity index (χ1) is 6.79. The van der Waals surface area contributed by atoms with Gasteiger partial charge in [-0.1, -0.05) is 50.2 Å². The maximum atomic E-state index is 4.12. The molecule has 0 nitrogen and oxygen atoms in total. The normalized spacial score (nSPS) is 22.5. The van der Waals surface area contributed by atoms with Crippen molar-refractivity contribution in [1.29, 1.82) is 0 Å². The van der Waals surface area contributed by atoms with Crippen LogP contribution >= 0.6 is 0 Å². The molecule has 0 aliphatic heterocycles. The molecule has 1 rings (SSSR count). The highest BCUT2D eigenvalue weighted by Crippen LogP contribution is 2.31. The summed E-state index contributed by atoms with van der Waals surface area (Å²) in [7, 11) is -1.23. The molecule has 0 aromatic carbocycles. The van der Waals surface area contributed by atoms with Gasteiger partial charge >= 0.3 is 0 Å². The Morgan fingerprint density at radius 2 is 1.93 bits per heavy atom. The Balaban J connectivity index is 2.90. The van der Waals surface area contributed by atoms with Gasteiger partial charge in [0.1, 0.15) is 8.07 Å². The van der Waals surface area contributed by atoms with Gasteiger partial charge in [-0.05, 0) is 25.7 Å². The van der Waals surface area contributed by atoms with Crippen LogP contribution in [0.5, 0.6) is 0 Å². The van der Waals surface area contributed by atoms with Crippen LogP contribution in [0.4, 0.5) is 0 Å². The van der Waals surface area contributed by atoms with E-state index in [0.29, 0.717) is 5.92 Å². The lowest BCUT2D eigenvalue weighted by atomic mass is 9.82. The zero-order valence-corrected chi connectivity index (χ0v) is 11.7. The van der Waals surface area contributed by atoms with Crippen LogP contribution in [0.2, 0.25) is 19.6 Å². The second kappa shape index (κ2) is 4.41. The second-order valence-electron chi connectivity index (χ2n) is 5.70. The fourth-order valence-corrected chi connectivity index (χ4v) is 2.19. The van der Waals surface area contributed by atoms with Gasteiger partial charge < -0.3 is 0 Å². The van der Waals surface area contributed by atoms with E-state index in [1.54, 1.807) is 0 Å². The first-order valence-corrected chi connectivity index (χ1v) is 9.19. The largest absolute Gasteiger partial charge is 0.129 e. The molecule has 0 bridgehead atoms. The molecule has 0 fully saturated rings. The Hall–Kier alpha value is -0.743. The molecule has 1 heteroatoms. The van der Waals surface area contributed by atoms with Gasteiger partial charge in [-0.2, -0.15) is 0 Å². The quantitative estimate of drug-likeness (QED) is 0.325. The van der Waals surface area contributed by atoms with Crippen molar-refractivity contribution >= 4 is 8.07 Å². The third kappa shape index (κ3) is 3.72. The van der Waals surface area contributed by atoms with E-state index < -0.39 is 8.07 Å². The third-order valence-electron chi connectivity index (χ3n) is 2.80. The van der Waals surface area contributed by atoms with Crippen molar-refractivity contribution in [3.05, 3.63) is 23.3 Å². The lowest BCUT2D eigenvalue weighted by molar-refractivity contribution is 0.633. The minimum Gasteiger partial charge on any atom is -0.127 e. The summed E-state index contributed by atoms with van der Waals surface area (Å²) in [6.45, 7) is 15.4. The first kappa shape index (κ1) is 12.3. The standard InChI is InChI=1S/C14H22Si/c1-11-9-13(3)14(10-12(11)2)7-8-15(4,5)6/h12H,1,9-10H2,2-6H3/t12-/m1/s1. The second-order valence-corrected chi connectivity index (χ2v) is 10.4. The lowest BCUT2D eigenvalue weighted by Gasteiger charge is -2.23. The van der Waals surface area contributed by atoms with E-state index in [-0.39, 0.29) is 0 Å². The van der Waals surface area contributed by atoms with Crippen LogP contribution < -0.4 is 0 Å². The summed E-state index contributed by atoms with van der Waals surface area (Å²) >= 11 is 0. The summed E-state index contributed by atoms with van der Waals surface area (Å²) in [6.07, 6.45) is 2.15. The van der Waals surface area contributed by atoms with Crippen LogP contribution in [0.15, 0.2) is 23.3 Å². The van der Waals surface area contributed by atoms with Crippen LogP contribution in [0, 0.1) is 17.4 Å². The van der Waals surface area contributed by atoms with Gasteiger partial charge in [0.15, 0.2) is 0 Å². The number of hydrogen-bond acceptors (Lipinski definition) is 0. The van der Waals surface area contributed by atoms with E-state index in [0.717, 1.165) is 12.8 Å². The highest BCUT2D eigenvalue weighted by molar-refractivity contribution is 6.83. The molecular weight excluding hydrogens is 196 g/mol. The molecule has 0 unspecified atom stereocenters. The van der Waals surface area contributed by atoms with Crippen molar-refractivity contribution in [1.82, 2.24) is 0 Å². The minimum atomic E-state index is -1.23. The van der Waals surface area contributed by atoms with Crippen LogP contribution in [0.1, 0.15) is 26.7 Å². The zero-order valence-electron chi connectivity index (χ0n) is 10.7. The van der Waals surface area contributed by atoms with Crippen molar-refractivity contribution in [2.24, 2.45) is 5.92 Å². The maximum absolute atomic E-state index is 4.12. The van der Waals surface area contributed by atoms with Gasteiger partial charge in [-0.15, -0.1) is 5.54 Å². The molecule has 0 aromatic heterocycles. The Kier molecular flexibility index (Phi) is 3.62. The molecule has 0 saturated heterocycles. The van der Waals surface area contributed by atoms with Crippen molar-refractivity contribution in [2.75, 3.05) is 0 Å². The molecule has 0 saturated carbocycles. The fraction of sp³-hybridized carbons (Fsp3) is 0.571. The van der Waals surface area contributed by atoms with E-state index in [1.807, 2.05) is 0 Å². The van der Waals surface area contributed by atoms with Crippen LogP contribution in [0.3, 0.4) is 0 Å². The zero-order chi connectivity index (χ0) is 11.6. The molecule has 15 heavy (non-hydrogen) atoms. The summed E-state index contributed by atoms with van der Waals surface area (Å²) in [5.41, 5.74) is 7.63. The van der Waals surface area contributed by atoms with Crippen molar-refractivity contribution in [3.63, 3.8) is 0 Å². The van der Waals surface area contributed by atoms with Gasteiger partial charge in [-0.3, -0.25) is 0 Å². The Labute approximate surface area is 95.5 Å². The maximum Gasteiger partial charge on any atom is 0.129 e. The van der Waals surface area contributed by atoms with E-state index in [2.05, 4.69) is 51.5 Å². The van der Waals surface area contributed by atoms with Gasteiger partial charge in [0, 0.05) is 5.57 Å². The van der Waals surface area contributed by atoms with Crippen molar-refractivity contribution in [3.8, 4) is 11.5 Å². The summed E-state index contributed by atoms with van der Waals surface area (Å²) in [6, 6.07) is 0. The number of hydrogen-bond donors (Lipinski definition) is 0. The van der Waals surface area contributed by atoms with Crippen LogP contribution in [-0.4, -0.2) is 8.07 Å². The Bertz CT molecular complexity index is 355. The van der Waals surface area contributed by atoms with Gasteiger partial charge in [-0.25, -0.2) is 0 Å². The van der Waals surface area contributed by atoms with Gasteiger partial charge in [0.05, 0.1) is 0 Å². The SMILES string of the molecule is C=C1CC(C)=C(C#C[Si](C)(C)C)C[C@H]1C. The van der Waals surface area contributed by atoms with E-state index >= 15 is 0 Å². The summed E-state index contributed by atoms with van der Waals surface area (Å²) in [5, 5.41) is 0. The minimum absolute atomic E-state index is 0.611. The first-order valence-electron chi connectivity index (χ1n) is 5.69. The Morgan fingerprint density at radius 3 is 2.47 bits per heavy atom. The fourth-order valence-electron chi connectivity index (χ4n) is 1.67. The van der Waals surface area contributed by atoms with Crippen LogP contribution in [-0.2, 0) is 0 Å². The highest BCUT2D eigenvalue weighted by Gasteiger charge is 2.17. The van der Waals surface area contributed by atoms with E-state index in [4.69, 9.17) is 0 Å². The number of rotatable bonds is 0. The molecule has 1 aliphatic carbocycles. The third-order valence-corrected chi connectivity index (χ3v) is 3.68. The number of allylic oxidation sites excluding steroid dienone is 3. The molecule has 82 valence electrons. The Morgan fingerprint density at radius 1 is 1.33 bits per heavy atom. The van der Waals surface area contributed by atoms with Gasteiger partial charge in [0.2, 0.25) is 0 Å². The average Bonchev–Trinajstić information content (AvgIpc) is 2.07. The summed E-state index contributed by atoms with van der Waals surface area (Å²) in [4.78, 5) is 0. The predicted molar refractivity (Wildman–Crippen MR) is 71.4 cm³/mol. The molecule has 0 heterocycles. The molecule has 1 atom stereocenters. The molecule has 0 spiro atoms. The van der Waals surface area contributed by atoms with E-state index in [9.17, 15) is 0 Å². The monoisotopic (exact) mass is 218 g/mol. The molecular formula is C14H22Si. The molecule has 0 radical (unpaired) electrons. The van der Waals surface area contributed by atoms with Gasteiger partial charge in [0.25, 0.3) is 0 Å². The average molecular weight is 218 g/mol. The summed E-state index contributed by atoms with van der Waals surface area (Å²) in [5.74, 6) is 4.02.